The van der Waals surface area contributed by atoms with Crippen molar-refractivity contribution in [2.24, 2.45) is 11.8 Å². The molecular weight excluding hydrogens is 163 g/mol. The summed E-state index contributed by atoms with van der Waals surface area (Å²) in [4.78, 5) is 0. The van der Waals surface area contributed by atoms with Crippen LogP contribution in [0.5, 0.6) is 0 Å². The van der Waals surface area contributed by atoms with E-state index in [9.17, 15) is 4.39 Å². The van der Waals surface area contributed by atoms with Crippen molar-refractivity contribution in [1.29, 1.82) is 0 Å². The summed E-state index contributed by atoms with van der Waals surface area (Å²) in [7, 11) is 0. The largest absolute Gasteiger partial charge is 0.244 e. The smallest absolute Gasteiger partial charge is 0.105 e. The first-order chi connectivity index (χ1) is 5.88. The molecule has 2 unspecified atom stereocenters. The van der Waals surface area contributed by atoms with E-state index in [-0.39, 0.29) is 0 Å². The molecule has 0 saturated carbocycles. The van der Waals surface area contributed by atoms with E-state index in [0.717, 1.165) is 12.8 Å². The summed E-state index contributed by atoms with van der Waals surface area (Å²) in [6, 6.07) is 0. The molecule has 0 aromatic heterocycles. The molecule has 1 rings (SSSR count). The topological polar surface area (TPSA) is 0 Å². The van der Waals surface area contributed by atoms with E-state index in [1.807, 2.05) is 0 Å². The second-order valence-corrected chi connectivity index (χ2v) is 5.15. The maximum Gasteiger partial charge on any atom is 0.105 e. The van der Waals surface area contributed by atoms with Crippen LogP contribution in [0.15, 0.2) is 11.6 Å². The number of allylic oxidation sites excluding steroid dienone is 2. The highest BCUT2D eigenvalue weighted by molar-refractivity contribution is 5.05. The molecule has 0 nitrogen and oxygen atoms in total. The second-order valence-electron chi connectivity index (χ2n) is 5.15. The molecular formula is C12H21F. The Balaban J connectivity index is 2.53. The van der Waals surface area contributed by atoms with Gasteiger partial charge in [-0.05, 0) is 51.9 Å². The molecule has 0 amide bonds. The monoisotopic (exact) mass is 184 g/mol. The van der Waals surface area contributed by atoms with Gasteiger partial charge in [-0.15, -0.1) is 0 Å². The minimum Gasteiger partial charge on any atom is -0.244 e. The average molecular weight is 184 g/mol. The van der Waals surface area contributed by atoms with Crippen molar-refractivity contribution in [3.05, 3.63) is 11.6 Å². The van der Waals surface area contributed by atoms with Crippen LogP contribution >= 0.6 is 0 Å². The quantitative estimate of drug-likeness (QED) is 0.566. The Labute approximate surface area is 81.2 Å². The molecule has 0 heterocycles. The van der Waals surface area contributed by atoms with E-state index in [1.165, 1.54) is 5.57 Å². The Kier molecular flexibility index (Phi) is 3.15. The van der Waals surface area contributed by atoms with Gasteiger partial charge in [-0.3, -0.25) is 0 Å². The minimum absolute atomic E-state index is 0.545. The van der Waals surface area contributed by atoms with Gasteiger partial charge >= 0.3 is 0 Å². The number of halogens is 1. The zero-order chi connectivity index (χ0) is 10.1. The summed E-state index contributed by atoms with van der Waals surface area (Å²) in [5, 5.41) is 0. The number of rotatable bonds is 2. The third kappa shape index (κ3) is 3.50. The van der Waals surface area contributed by atoms with Crippen LogP contribution in [0.25, 0.3) is 0 Å². The Hall–Kier alpha value is -0.330. The molecule has 0 fully saturated rings. The van der Waals surface area contributed by atoms with Gasteiger partial charge in [0.05, 0.1) is 0 Å². The molecule has 76 valence electrons. The van der Waals surface area contributed by atoms with Crippen molar-refractivity contribution in [3.63, 3.8) is 0 Å². The lowest BCUT2D eigenvalue weighted by molar-refractivity contribution is 0.142. The lowest BCUT2D eigenvalue weighted by Gasteiger charge is -2.31. The highest BCUT2D eigenvalue weighted by Gasteiger charge is 2.27. The van der Waals surface area contributed by atoms with E-state index in [2.05, 4.69) is 19.9 Å². The van der Waals surface area contributed by atoms with E-state index in [1.54, 1.807) is 13.8 Å². The molecule has 0 radical (unpaired) electrons. The van der Waals surface area contributed by atoms with E-state index in [4.69, 9.17) is 0 Å². The summed E-state index contributed by atoms with van der Waals surface area (Å²) in [6.07, 6.45) is 5.20. The maximum atomic E-state index is 13.4. The van der Waals surface area contributed by atoms with Crippen molar-refractivity contribution in [2.45, 2.75) is 52.6 Å². The Morgan fingerprint density at radius 1 is 1.54 bits per heavy atom. The van der Waals surface area contributed by atoms with Crippen LogP contribution in [0.2, 0.25) is 0 Å². The molecule has 1 heteroatoms. The molecule has 0 spiro atoms. The molecule has 13 heavy (non-hydrogen) atoms. The highest BCUT2D eigenvalue weighted by Crippen LogP contribution is 2.35. The summed E-state index contributed by atoms with van der Waals surface area (Å²) >= 11 is 0. The first-order valence-corrected chi connectivity index (χ1v) is 5.23. The van der Waals surface area contributed by atoms with Gasteiger partial charge in [-0.2, -0.15) is 0 Å². The van der Waals surface area contributed by atoms with E-state index < -0.39 is 5.67 Å². The second kappa shape index (κ2) is 3.81. The van der Waals surface area contributed by atoms with Crippen LogP contribution in [-0.2, 0) is 0 Å². The van der Waals surface area contributed by atoms with E-state index in [0.29, 0.717) is 18.3 Å². The van der Waals surface area contributed by atoms with Gasteiger partial charge in [-0.25, -0.2) is 4.39 Å². The van der Waals surface area contributed by atoms with Gasteiger partial charge in [0, 0.05) is 0 Å². The Bertz CT molecular complexity index is 198. The standard InChI is InChI=1S/C12H21F/c1-9-5-6-11(10(2)7-9)8-12(3,4)13/h5,10-11H,6-8H2,1-4H3. The molecule has 0 bridgehead atoms. The van der Waals surface area contributed by atoms with Crippen molar-refractivity contribution < 1.29 is 4.39 Å². The van der Waals surface area contributed by atoms with Gasteiger partial charge in [-0.1, -0.05) is 18.6 Å². The average Bonchev–Trinajstić information content (AvgIpc) is 1.93. The maximum absolute atomic E-state index is 13.4. The summed E-state index contributed by atoms with van der Waals surface area (Å²) in [5.74, 6) is 1.20. The molecule has 0 saturated heterocycles. The SMILES string of the molecule is CC1=CCC(CC(C)(C)F)C(C)C1. The van der Waals surface area contributed by atoms with Gasteiger partial charge in [0.15, 0.2) is 0 Å². The van der Waals surface area contributed by atoms with Gasteiger partial charge < -0.3 is 0 Å². The van der Waals surface area contributed by atoms with Crippen LogP contribution in [0, 0.1) is 11.8 Å². The normalized spacial score (nSPS) is 30.1. The number of hydrogen-bond acceptors (Lipinski definition) is 0. The summed E-state index contributed by atoms with van der Waals surface area (Å²) in [5.41, 5.74) is 0.471. The van der Waals surface area contributed by atoms with Crippen LogP contribution in [0.4, 0.5) is 4.39 Å². The first kappa shape index (κ1) is 10.7. The summed E-state index contributed by atoms with van der Waals surface area (Å²) in [6.45, 7) is 7.79. The fraction of sp³-hybridized carbons (Fsp3) is 0.833. The molecule has 1 aliphatic carbocycles. The Morgan fingerprint density at radius 2 is 2.15 bits per heavy atom. The zero-order valence-corrected chi connectivity index (χ0v) is 9.23. The van der Waals surface area contributed by atoms with Crippen LogP contribution < -0.4 is 0 Å². The van der Waals surface area contributed by atoms with Gasteiger partial charge in [0.25, 0.3) is 0 Å². The van der Waals surface area contributed by atoms with Crippen molar-refractivity contribution in [1.82, 2.24) is 0 Å². The van der Waals surface area contributed by atoms with Crippen LogP contribution in [-0.4, -0.2) is 5.67 Å². The van der Waals surface area contributed by atoms with Crippen molar-refractivity contribution in [3.8, 4) is 0 Å². The number of alkyl halides is 1. The molecule has 0 aromatic rings. The lowest BCUT2D eigenvalue weighted by Crippen LogP contribution is -2.24. The molecule has 0 N–H and O–H groups in total. The van der Waals surface area contributed by atoms with Crippen LogP contribution in [0.3, 0.4) is 0 Å². The molecule has 2 atom stereocenters. The predicted molar refractivity (Wildman–Crippen MR) is 55.4 cm³/mol. The minimum atomic E-state index is -1.00. The number of hydrogen-bond donors (Lipinski definition) is 0. The van der Waals surface area contributed by atoms with Gasteiger partial charge in [0.1, 0.15) is 5.67 Å². The Morgan fingerprint density at radius 3 is 2.62 bits per heavy atom. The molecule has 0 aromatic carbocycles. The first-order valence-electron chi connectivity index (χ1n) is 5.23. The predicted octanol–water partition coefficient (Wildman–Crippen LogP) is 4.12. The molecule has 1 aliphatic rings. The van der Waals surface area contributed by atoms with Gasteiger partial charge in [0.2, 0.25) is 0 Å². The zero-order valence-electron chi connectivity index (χ0n) is 9.23. The third-order valence-corrected chi connectivity index (χ3v) is 2.97. The lowest BCUT2D eigenvalue weighted by atomic mass is 9.76. The van der Waals surface area contributed by atoms with E-state index >= 15 is 0 Å². The van der Waals surface area contributed by atoms with Crippen molar-refractivity contribution >= 4 is 0 Å². The van der Waals surface area contributed by atoms with Crippen molar-refractivity contribution in [2.75, 3.05) is 0 Å². The molecule has 0 aliphatic heterocycles. The fourth-order valence-corrected chi connectivity index (χ4v) is 2.25. The van der Waals surface area contributed by atoms with Crippen LogP contribution in [0.1, 0.15) is 47.0 Å². The highest BCUT2D eigenvalue weighted by atomic mass is 19.1. The summed E-state index contributed by atoms with van der Waals surface area (Å²) < 4.78 is 13.4. The fourth-order valence-electron chi connectivity index (χ4n) is 2.25. The third-order valence-electron chi connectivity index (χ3n) is 2.97.